The van der Waals surface area contributed by atoms with Gasteiger partial charge >= 0.3 is 6.16 Å². The summed E-state index contributed by atoms with van der Waals surface area (Å²) >= 11 is 0. The van der Waals surface area contributed by atoms with Gasteiger partial charge in [0.15, 0.2) is 5.76 Å². The summed E-state index contributed by atoms with van der Waals surface area (Å²) in [5, 5.41) is 14.4. The van der Waals surface area contributed by atoms with Crippen molar-refractivity contribution in [3.8, 4) is 6.07 Å². The van der Waals surface area contributed by atoms with E-state index in [1.54, 1.807) is 25.6 Å². The second-order valence-corrected chi connectivity index (χ2v) is 8.65. The molecule has 0 N–H and O–H groups in total. The maximum Gasteiger partial charge on any atom is 0.511 e. The molecule has 0 bridgehead atoms. The number of nitrogens with zero attached hydrogens (tertiary/aromatic N) is 3. The highest BCUT2D eigenvalue weighted by atomic mass is 16.8. The van der Waals surface area contributed by atoms with Crippen LogP contribution in [0.2, 0.25) is 0 Å². The average molecular weight is 426 g/mol. The average Bonchev–Trinajstić information content (AvgIpc) is 2.92. The Morgan fingerprint density at radius 2 is 1.77 bits per heavy atom. The van der Waals surface area contributed by atoms with Crippen molar-refractivity contribution in [2.45, 2.75) is 60.0 Å². The summed E-state index contributed by atoms with van der Waals surface area (Å²) in [6.07, 6.45) is -1.14. The summed E-state index contributed by atoms with van der Waals surface area (Å²) in [7, 11) is 1.78. The third-order valence-corrected chi connectivity index (χ3v) is 4.83. The molecule has 0 saturated heterocycles. The van der Waals surface area contributed by atoms with Crippen LogP contribution >= 0.6 is 0 Å². The van der Waals surface area contributed by atoms with Gasteiger partial charge in [-0.2, -0.15) is 10.4 Å². The van der Waals surface area contributed by atoms with Crippen molar-refractivity contribution in [2.24, 2.45) is 7.05 Å². The van der Waals surface area contributed by atoms with E-state index in [0.29, 0.717) is 22.6 Å². The number of hydrogen-bond acceptors (Lipinski definition) is 6. The van der Waals surface area contributed by atoms with Crippen LogP contribution in [0.3, 0.4) is 0 Å². The van der Waals surface area contributed by atoms with Crippen molar-refractivity contribution in [1.82, 2.24) is 9.78 Å². The van der Waals surface area contributed by atoms with Crippen molar-refractivity contribution < 1.29 is 19.0 Å². The van der Waals surface area contributed by atoms with Crippen LogP contribution in [0.4, 0.5) is 4.79 Å². The Kier molecular flexibility index (Phi) is 7.50. The smallest absolute Gasteiger partial charge is 0.454 e. The molecule has 0 atom stereocenters. The molecule has 0 spiro atoms. The summed E-state index contributed by atoms with van der Waals surface area (Å²) in [5.74, 6) is 0.295. The highest BCUT2D eigenvalue weighted by molar-refractivity contribution is 5.94. The van der Waals surface area contributed by atoms with Gasteiger partial charge in [-0.1, -0.05) is 45.0 Å². The third kappa shape index (κ3) is 5.88. The number of aromatic nitrogens is 2. The molecule has 0 aliphatic heterocycles. The van der Waals surface area contributed by atoms with Crippen molar-refractivity contribution in [1.29, 1.82) is 5.26 Å². The number of rotatable bonds is 6. The zero-order chi connectivity index (χ0) is 23.3. The molecule has 2 aromatic rings. The Labute approximate surface area is 184 Å². The zero-order valence-corrected chi connectivity index (χ0v) is 19.6. The summed E-state index contributed by atoms with van der Waals surface area (Å²) in [6.45, 7) is 13.3. The number of hydrogen-bond donors (Lipinski definition) is 0. The predicted molar refractivity (Wildman–Crippen MR) is 119 cm³/mol. The molecule has 2 rings (SSSR count). The van der Waals surface area contributed by atoms with E-state index in [4.69, 9.17) is 14.2 Å². The van der Waals surface area contributed by atoms with E-state index < -0.39 is 12.9 Å². The standard InChI is InChI=1S/C24H31N3O4/c1-15(2)31-23(28)30-14-29-22(21-16(3)17(4)26-27(21)8)20(13-25)18-9-11-19(12-10-18)24(5,6)7/h9-12,15H,14H2,1-8H3/b22-20-. The minimum atomic E-state index is -0.833. The van der Waals surface area contributed by atoms with Gasteiger partial charge in [0.1, 0.15) is 17.3 Å². The van der Waals surface area contributed by atoms with Crippen LogP contribution < -0.4 is 0 Å². The van der Waals surface area contributed by atoms with E-state index in [-0.39, 0.29) is 11.5 Å². The second-order valence-electron chi connectivity index (χ2n) is 8.65. The van der Waals surface area contributed by atoms with Gasteiger partial charge in [-0.3, -0.25) is 4.68 Å². The van der Waals surface area contributed by atoms with Crippen LogP contribution in [0.1, 0.15) is 62.7 Å². The van der Waals surface area contributed by atoms with E-state index in [1.807, 2.05) is 38.1 Å². The maximum absolute atomic E-state index is 11.7. The molecule has 31 heavy (non-hydrogen) atoms. The summed E-state index contributed by atoms with van der Waals surface area (Å²) in [5.41, 5.74) is 4.52. The highest BCUT2D eigenvalue weighted by Crippen LogP contribution is 2.31. The predicted octanol–water partition coefficient (Wildman–Crippen LogP) is 5.26. The van der Waals surface area contributed by atoms with Crippen LogP contribution in [0.25, 0.3) is 11.3 Å². The Morgan fingerprint density at radius 1 is 1.16 bits per heavy atom. The Morgan fingerprint density at radius 3 is 2.23 bits per heavy atom. The lowest BCUT2D eigenvalue weighted by atomic mass is 9.86. The van der Waals surface area contributed by atoms with Crippen LogP contribution in [0.15, 0.2) is 24.3 Å². The molecular weight excluding hydrogens is 394 g/mol. The van der Waals surface area contributed by atoms with E-state index in [0.717, 1.165) is 16.8 Å². The second kappa shape index (κ2) is 9.69. The number of allylic oxidation sites excluding steroid dienone is 1. The van der Waals surface area contributed by atoms with Crippen LogP contribution in [0, 0.1) is 25.2 Å². The van der Waals surface area contributed by atoms with Gasteiger partial charge in [0, 0.05) is 12.6 Å². The Balaban J connectivity index is 2.49. The fourth-order valence-corrected chi connectivity index (χ4v) is 3.09. The fraction of sp³-hybridized carbons (Fsp3) is 0.458. The first-order chi connectivity index (χ1) is 14.5. The number of nitriles is 1. The molecule has 166 valence electrons. The number of ether oxygens (including phenoxy) is 3. The summed E-state index contributed by atoms with van der Waals surface area (Å²) in [6, 6.07) is 10.1. The highest BCUT2D eigenvalue weighted by Gasteiger charge is 2.22. The number of carbonyl (C=O) groups excluding carboxylic acids is 1. The van der Waals surface area contributed by atoms with Gasteiger partial charge in [-0.15, -0.1) is 0 Å². The van der Waals surface area contributed by atoms with Gasteiger partial charge in [0.25, 0.3) is 0 Å². The van der Waals surface area contributed by atoms with Crippen molar-refractivity contribution in [3.63, 3.8) is 0 Å². The normalized spacial score (nSPS) is 12.3. The van der Waals surface area contributed by atoms with Gasteiger partial charge in [0.05, 0.1) is 11.8 Å². The van der Waals surface area contributed by atoms with Crippen molar-refractivity contribution >= 4 is 17.5 Å². The third-order valence-electron chi connectivity index (χ3n) is 4.83. The summed E-state index contributed by atoms with van der Waals surface area (Å²) in [4.78, 5) is 11.7. The van der Waals surface area contributed by atoms with Crippen LogP contribution in [-0.4, -0.2) is 28.8 Å². The molecule has 7 nitrogen and oxygen atoms in total. The molecule has 1 aromatic heterocycles. The Bertz CT molecular complexity index is 1000. The minimum absolute atomic E-state index is 0.00522. The minimum Gasteiger partial charge on any atom is -0.454 e. The van der Waals surface area contributed by atoms with E-state index in [1.165, 1.54) is 0 Å². The number of benzene rings is 1. The van der Waals surface area contributed by atoms with Crippen molar-refractivity contribution in [2.75, 3.05) is 6.79 Å². The molecule has 0 fully saturated rings. The van der Waals surface area contributed by atoms with Gasteiger partial charge in [-0.05, 0) is 44.2 Å². The first-order valence-corrected chi connectivity index (χ1v) is 10.2. The van der Waals surface area contributed by atoms with Gasteiger partial charge in [-0.25, -0.2) is 4.79 Å². The molecular formula is C24H31N3O4. The molecule has 0 amide bonds. The molecule has 0 unspecified atom stereocenters. The lowest BCUT2D eigenvalue weighted by Crippen LogP contribution is -2.15. The molecule has 7 heteroatoms. The van der Waals surface area contributed by atoms with E-state index in [9.17, 15) is 10.1 Å². The monoisotopic (exact) mass is 425 g/mol. The molecule has 0 radical (unpaired) electrons. The molecule has 0 saturated carbocycles. The lowest BCUT2D eigenvalue weighted by Gasteiger charge is -2.19. The molecule has 1 aromatic carbocycles. The zero-order valence-electron chi connectivity index (χ0n) is 19.6. The van der Waals surface area contributed by atoms with Gasteiger partial charge < -0.3 is 14.2 Å². The Hall–Kier alpha value is -3.27. The molecule has 0 aliphatic carbocycles. The first kappa shape index (κ1) is 24.0. The lowest BCUT2D eigenvalue weighted by molar-refractivity contribution is -0.0171. The van der Waals surface area contributed by atoms with Crippen molar-refractivity contribution in [3.05, 3.63) is 52.3 Å². The maximum atomic E-state index is 11.7. The number of carbonyl (C=O) groups is 1. The molecule has 1 heterocycles. The SMILES string of the molecule is Cc1nn(C)c(/C(OCOC(=O)OC(C)C)=C(\C#N)c2ccc(C(C)(C)C)cc2)c1C. The first-order valence-electron chi connectivity index (χ1n) is 10.2. The van der Waals surface area contributed by atoms with Crippen LogP contribution in [0.5, 0.6) is 0 Å². The summed E-state index contributed by atoms with van der Waals surface area (Å²) < 4.78 is 17.5. The topological polar surface area (TPSA) is 86.4 Å². The molecule has 0 aliphatic rings. The van der Waals surface area contributed by atoms with Crippen LogP contribution in [-0.2, 0) is 26.7 Å². The quantitative estimate of drug-likeness (QED) is 0.271. The largest absolute Gasteiger partial charge is 0.511 e. The fourth-order valence-electron chi connectivity index (χ4n) is 3.09. The van der Waals surface area contributed by atoms with E-state index in [2.05, 4.69) is 31.9 Å². The number of aryl methyl sites for hydroxylation is 2. The van der Waals surface area contributed by atoms with Gasteiger partial charge in [0.2, 0.25) is 6.79 Å². The van der Waals surface area contributed by atoms with E-state index >= 15 is 0 Å².